The van der Waals surface area contributed by atoms with E-state index in [4.69, 9.17) is 10.00 Å². The zero-order valence-corrected chi connectivity index (χ0v) is 15.8. The maximum Gasteiger partial charge on any atom is 0.324 e. The zero-order valence-electron chi connectivity index (χ0n) is 15.8. The molecule has 3 N–H and O–H groups in total. The molecule has 0 bridgehead atoms. The van der Waals surface area contributed by atoms with Crippen molar-refractivity contribution in [2.75, 3.05) is 17.7 Å². The van der Waals surface area contributed by atoms with Crippen LogP contribution in [0.15, 0.2) is 60.9 Å². The third kappa shape index (κ3) is 5.76. The van der Waals surface area contributed by atoms with Crippen LogP contribution in [0.1, 0.15) is 16.8 Å². The number of amides is 2. The Labute approximate surface area is 168 Å². The molecule has 1 aromatic heterocycles. The lowest BCUT2D eigenvalue weighted by Gasteiger charge is -2.13. The van der Waals surface area contributed by atoms with Gasteiger partial charge in [-0.05, 0) is 23.3 Å². The van der Waals surface area contributed by atoms with Gasteiger partial charge >= 0.3 is 6.03 Å². The maximum atomic E-state index is 12.2. The third-order valence-corrected chi connectivity index (χ3v) is 4.02. The minimum Gasteiger partial charge on any atom is -0.495 e. The number of nitriles is 1. The Morgan fingerprint density at radius 3 is 2.52 bits per heavy atom. The van der Waals surface area contributed by atoms with Crippen molar-refractivity contribution < 1.29 is 9.53 Å². The molecule has 0 spiro atoms. The van der Waals surface area contributed by atoms with Gasteiger partial charge in [0, 0.05) is 13.1 Å². The lowest BCUT2D eigenvalue weighted by Crippen LogP contribution is -2.21. The van der Waals surface area contributed by atoms with Crippen molar-refractivity contribution in [3.05, 3.63) is 77.7 Å². The molecule has 0 saturated heterocycles. The summed E-state index contributed by atoms with van der Waals surface area (Å²) < 4.78 is 5.40. The van der Waals surface area contributed by atoms with Gasteiger partial charge in [0.05, 0.1) is 25.2 Å². The van der Waals surface area contributed by atoms with Gasteiger partial charge in [0.25, 0.3) is 0 Å². The molecule has 0 saturated carbocycles. The lowest BCUT2D eigenvalue weighted by atomic mass is 10.1. The number of rotatable bonds is 7. The van der Waals surface area contributed by atoms with Gasteiger partial charge < -0.3 is 15.4 Å². The van der Waals surface area contributed by atoms with Crippen LogP contribution in [0.4, 0.5) is 16.3 Å². The number of methoxy groups -OCH3 is 1. The molecule has 2 amide bonds. The van der Waals surface area contributed by atoms with Gasteiger partial charge in [-0.25, -0.2) is 14.8 Å². The summed E-state index contributed by atoms with van der Waals surface area (Å²) in [4.78, 5) is 20.0. The fourth-order valence-corrected chi connectivity index (χ4v) is 2.62. The van der Waals surface area contributed by atoms with Crippen molar-refractivity contribution in [1.29, 1.82) is 5.26 Å². The highest BCUT2D eigenvalue weighted by Gasteiger charge is 2.10. The Hall–Kier alpha value is -3.96. The molecule has 0 radical (unpaired) electrons. The number of carbonyl (C=O) groups excluding carboxylic acids is 1. The monoisotopic (exact) mass is 388 g/mol. The first-order valence-electron chi connectivity index (χ1n) is 8.89. The predicted octanol–water partition coefficient (Wildman–Crippen LogP) is 3.29. The first-order chi connectivity index (χ1) is 14.2. The van der Waals surface area contributed by atoms with Crippen molar-refractivity contribution in [3.8, 4) is 11.8 Å². The minimum absolute atomic E-state index is 0.175. The van der Waals surface area contributed by atoms with Gasteiger partial charge in [-0.3, -0.25) is 5.32 Å². The fraction of sp³-hybridized carbons (Fsp3) is 0.143. The van der Waals surface area contributed by atoms with E-state index >= 15 is 0 Å². The predicted molar refractivity (Wildman–Crippen MR) is 109 cm³/mol. The van der Waals surface area contributed by atoms with Gasteiger partial charge in [-0.15, -0.1) is 0 Å². The molecular formula is C21H20N6O2. The molecule has 146 valence electrons. The molecule has 3 rings (SSSR count). The van der Waals surface area contributed by atoms with Gasteiger partial charge in [-0.1, -0.05) is 36.4 Å². The topological polar surface area (TPSA) is 112 Å². The minimum atomic E-state index is -0.489. The molecule has 0 aliphatic heterocycles. The van der Waals surface area contributed by atoms with Crippen molar-refractivity contribution in [2.24, 2.45) is 0 Å². The Kier molecular flexibility index (Phi) is 6.71. The van der Waals surface area contributed by atoms with E-state index in [1.165, 1.54) is 18.0 Å². The van der Waals surface area contributed by atoms with Crippen LogP contribution in [0.25, 0.3) is 0 Å². The number of ether oxygens (including phenoxy) is 1. The smallest absolute Gasteiger partial charge is 0.324 e. The van der Waals surface area contributed by atoms with Crippen LogP contribution in [0.2, 0.25) is 0 Å². The second-order valence-electron chi connectivity index (χ2n) is 6.10. The van der Waals surface area contributed by atoms with Crippen molar-refractivity contribution >= 4 is 17.5 Å². The highest BCUT2D eigenvalue weighted by molar-refractivity contribution is 6.00. The van der Waals surface area contributed by atoms with Crippen molar-refractivity contribution in [3.63, 3.8) is 0 Å². The molecule has 8 nitrogen and oxygen atoms in total. The fourth-order valence-electron chi connectivity index (χ4n) is 2.62. The summed E-state index contributed by atoms with van der Waals surface area (Å²) in [7, 11) is 1.55. The largest absolute Gasteiger partial charge is 0.495 e. The van der Waals surface area contributed by atoms with E-state index in [-0.39, 0.29) is 11.5 Å². The number of anilines is 2. The molecule has 0 atom stereocenters. The number of hydrogen-bond acceptors (Lipinski definition) is 6. The SMILES string of the molecule is COc1cc(CNCc2ccccc2)ccc1NC(=O)Nc1cnc(C#N)cn1. The quantitative estimate of drug-likeness (QED) is 0.573. The summed E-state index contributed by atoms with van der Waals surface area (Å²) >= 11 is 0. The standard InChI is InChI=1S/C21H20N6O2/c1-29-19-9-16(12-23-11-15-5-3-2-4-6-15)7-8-18(19)26-21(28)27-20-14-24-17(10-22)13-25-20/h2-9,13-14,23H,11-12H2,1H3,(H2,25,26,27,28). The zero-order chi connectivity index (χ0) is 20.5. The Balaban J connectivity index is 1.57. The molecular weight excluding hydrogens is 368 g/mol. The summed E-state index contributed by atoms with van der Waals surface area (Å²) in [6, 6.07) is 17.1. The second kappa shape index (κ2) is 9.82. The Bertz CT molecular complexity index is 1000. The van der Waals surface area contributed by atoms with E-state index in [0.717, 1.165) is 12.1 Å². The number of hydrogen-bond donors (Lipinski definition) is 3. The molecule has 0 fully saturated rings. The first-order valence-corrected chi connectivity index (χ1v) is 8.89. The van der Waals surface area contributed by atoms with E-state index in [1.54, 1.807) is 13.2 Å². The number of nitrogens with zero attached hydrogens (tertiary/aromatic N) is 3. The molecule has 29 heavy (non-hydrogen) atoms. The Morgan fingerprint density at radius 1 is 1.03 bits per heavy atom. The normalized spacial score (nSPS) is 10.1. The third-order valence-electron chi connectivity index (χ3n) is 4.02. The van der Waals surface area contributed by atoms with Crippen molar-refractivity contribution in [1.82, 2.24) is 15.3 Å². The summed E-state index contributed by atoms with van der Waals surface area (Å²) in [5.41, 5.74) is 2.94. The van der Waals surface area contributed by atoms with Crippen molar-refractivity contribution in [2.45, 2.75) is 13.1 Å². The van der Waals surface area contributed by atoms with Gasteiger partial charge in [-0.2, -0.15) is 5.26 Å². The second-order valence-corrected chi connectivity index (χ2v) is 6.10. The van der Waals surface area contributed by atoms with E-state index < -0.39 is 6.03 Å². The van der Waals surface area contributed by atoms with Gasteiger partial charge in [0.2, 0.25) is 0 Å². The highest BCUT2D eigenvalue weighted by atomic mass is 16.5. The average molecular weight is 388 g/mol. The molecule has 8 heteroatoms. The lowest BCUT2D eigenvalue weighted by molar-refractivity contribution is 0.262. The number of urea groups is 1. The van der Waals surface area contributed by atoms with Crippen LogP contribution in [0, 0.1) is 11.3 Å². The summed E-state index contributed by atoms with van der Waals surface area (Å²) in [6.45, 7) is 1.43. The number of carbonyl (C=O) groups is 1. The van der Waals surface area contributed by atoms with Gasteiger partial charge in [0.15, 0.2) is 11.5 Å². The van der Waals surface area contributed by atoms with Crippen LogP contribution >= 0.6 is 0 Å². The Morgan fingerprint density at radius 2 is 1.83 bits per heavy atom. The van der Waals surface area contributed by atoms with Crippen LogP contribution in [0.3, 0.4) is 0 Å². The van der Waals surface area contributed by atoms with E-state index in [1.807, 2.05) is 36.4 Å². The number of aromatic nitrogens is 2. The van der Waals surface area contributed by atoms with Crippen LogP contribution < -0.4 is 20.7 Å². The van der Waals surface area contributed by atoms with Gasteiger partial charge in [0.1, 0.15) is 11.8 Å². The molecule has 0 aliphatic carbocycles. The average Bonchev–Trinajstić information content (AvgIpc) is 2.76. The summed E-state index contributed by atoms with van der Waals surface area (Å²) in [5, 5.41) is 17.4. The highest BCUT2D eigenvalue weighted by Crippen LogP contribution is 2.25. The summed E-state index contributed by atoms with van der Waals surface area (Å²) in [5.74, 6) is 0.785. The number of nitrogens with one attached hydrogen (secondary N) is 3. The van der Waals surface area contributed by atoms with E-state index in [9.17, 15) is 4.79 Å². The maximum absolute atomic E-state index is 12.2. The van der Waals surface area contributed by atoms with E-state index in [2.05, 4.69) is 38.1 Å². The molecule has 0 unspecified atom stereocenters. The summed E-state index contributed by atoms with van der Waals surface area (Å²) in [6.07, 6.45) is 2.60. The number of benzene rings is 2. The molecule has 3 aromatic rings. The van der Waals surface area contributed by atoms with Crippen LogP contribution in [-0.2, 0) is 13.1 Å². The van der Waals surface area contributed by atoms with Crippen LogP contribution in [-0.4, -0.2) is 23.1 Å². The van der Waals surface area contributed by atoms with E-state index in [0.29, 0.717) is 18.0 Å². The van der Waals surface area contributed by atoms with Crippen LogP contribution in [0.5, 0.6) is 5.75 Å². The molecule has 0 aliphatic rings. The molecule has 1 heterocycles. The first kappa shape index (κ1) is 19.8. The molecule has 2 aromatic carbocycles.